The van der Waals surface area contributed by atoms with Crippen LogP contribution in [0, 0.1) is 5.82 Å². The van der Waals surface area contributed by atoms with E-state index < -0.39 is 11.8 Å². The first-order chi connectivity index (χ1) is 7.54. The monoisotopic (exact) mass is 228 g/mol. The molecule has 0 heterocycles. The molecule has 88 valence electrons. The van der Waals surface area contributed by atoms with Crippen molar-refractivity contribution in [3.63, 3.8) is 0 Å². The van der Waals surface area contributed by atoms with Gasteiger partial charge in [-0.3, -0.25) is 4.79 Å². The average Bonchev–Trinajstić information content (AvgIpc) is 2.20. The Morgan fingerprint density at radius 3 is 2.75 bits per heavy atom. The Balaban J connectivity index is 2.81. The van der Waals surface area contributed by atoms with Gasteiger partial charge >= 0.3 is 5.97 Å². The molecule has 0 fully saturated rings. The van der Waals surface area contributed by atoms with Gasteiger partial charge in [-0.1, -0.05) is 0 Å². The summed E-state index contributed by atoms with van der Waals surface area (Å²) in [6, 6.07) is 2.15. The summed E-state index contributed by atoms with van der Waals surface area (Å²) in [5.41, 5.74) is 0.435. The normalized spacial score (nSPS) is 10.1. The highest BCUT2D eigenvalue weighted by atomic mass is 19.1. The number of halogens is 1. The Morgan fingerprint density at radius 2 is 2.19 bits per heavy atom. The predicted molar refractivity (Wildman–Crippen MR) is 55.2 cm³/mol. The number of ether oxygens (including phenoxy) is 1. The summed E-state index contributed by atoms with van der Waals surface area (Å²) in [6.45, 7) is 0. The third-order valence-electron chi connectivity index (χ3n) is 2.19. The van der Waals surface area contributed by atoms with Gasteiger partial charge in [0.05, 0.1) is 7.11 Å². The number of aliphatic carboxylic acids is 1. The highest BCUT2D eigenvalue weighted by Crippen LogP contribution is 2.30. The smallest absolute Gasteiger partial charge is 0.303 e. The SMILES string of the molecule is COc1cc(F)cc(O)c1CCCC(=O)O. The van der Waals surface area contributed by atoms with E-state index in [4.69, 9.17) is 9.84 Å². The summed E-state index contributed by atoms with van der Waals surface area (Å²) < 4.78 is 17.8. The molecule has 0 amide bonds. The van der Waals surface area contributed by atoms with Crippen LogP contribution in [0.2, 0.25) is 0 Å². The van der Waals surface area contributed by atoms with E-state index in [1.165, 1.54) is 7.11 Å². The molecule has 16 heavy (non-hydrogen) atoms. The van der Waals surface area contributed by atoms with Crippen molar-refractivity contribution in [1.29, 1.82) is 0 Å². The molecule has 5 heteroatoms. The van der Waals surface area contributed by atoms with E-state index in [0.717, 1.165) is 12.1 Å². The lowest BCUT2D eigenvalue weighted by atomic mass is 10.1. The summed E-state index contributed by atoms with van der Waals surface area (Å²) in [5.74, 6) is -1.46. The summed E-state index contributed by atoms with van der Waals surface area (Å²) >= 11 is 0. The van der Waals surface area contributed by atoms with Gasteiger partial charge in [-0.15, -0.1) is 0 Å². The zero-order chi connectivity index (χ0) is 12.1. The summed E-state index contributed by atoms with van der Waals surface area (Å²) in [5, 5.41) is 18.0. The number of phenols is 1. The van der Waals surface area contributed by atoms with Crippen LogP contribution in [0.3, 0.4) is 0 Å². The summed E-state index contributed by atoms with van der Waals surface area (Å²) in [4.78, 5) is 10.3. The zero-order valence-corrected chi connectivity index (χ0v) is 8.86. The van der Waals surface area contributed by atoms with Gasteiger partial charge < -0.3 is 14.9 Å². The van der Waals surface area contributed by atoms with Crippen LogP contribution in [0.4, 0.5) is 4.39 Å². The van der Waals surface area contributed by atoms with Gasteiger partial charge in [0.1, 0.15) is 17.3 Å². The molecule has 0 aliphatic heterocycles. The number of carboxylic acid groups (broad SMARTS) is 1. The molecule has 0 spiro atoms. The molecule has 0 unspecified atom stereocenters. The molecule has 1 aromatic carbocycles. The molecule has 1 rings (SSSR count). The highest BCUT2D eigenvalue weighted by Gasteiger charge is 2.11. The van der Waals surface area contributed by atoms with Crippen molar-refractivity contribution >= 4 is 5.97 Å². The third-order valence-corrected chi connectivity index (χ3v) is 2.19. The molecule has 0 bridgehead atoms. The van der Waals surface area contributed by atoms with Crippen molar-refractivity contribution in [3.8, 4) is 11.5 Å². The lowest BCUT2D eigenvalue weighted by molar-refractivity contribution is -0.137. The second-order valence-electron chi connectivity index (χ2n) is 3.35. The van der Waals surface area contributed by atoms with Gasteiger partial charge in [0.2, 0.25) is 0 Å². The van der Waals surface area contributed by atoms with Crippen molar-refractivity contribution in [2.75, 3.05) is 7.11 Å². The largest absolute Gasteiger partial charge is 0.507 e. The average molecular weight is 228 g/mol. The first kappa shape index (κ1) is 12.3. The van der Waals surface area contributed by atoms with E-state index in [2.05, 4.69) is 0 Å². The number of methoxy groups -OCH3 is 1. The van der Waals surface area contributed by atoms with Crippen molar-refractivity contribution in [1.82, 2.24) is 0 Å². The molecule has 0 saturated carbocycles. The number of aromatic hydroxyl groups is 1. The fraction of sp³-hybridized carbons (Fsp3) is 0.364. The Labute approximate surface area is 92.3 Å². The number of carbonyl (C=O) groups is 1. The Morgan fingerprint density at radius 1 is 1.50 bits per heavy atom. The maximum atomic E-state index is 12.9. The minimum Gasteiger partial charge on any atom is -0.507 e. The first-order valence-electron chi connectivity index (χ1n) is 4.81. The van der Waals surface area contributed by atoms with Crippen molar-refractivity contribution < 1.29 is 24.1 Å². The van der Waals surface area contributed by atoms with Gasteiger partial charge in [0.15, 0.2) is 0 Å². The second kappa shape index (κ2) is 5.34. The van der Waals surface area contributed by atoms with E-state index in [1.807, 2.05) is 0 Å². The standard InChI is InChI=1S/C11H13FO4/c1-16-10-6-7(12)5-9(13)8(10)3-2-4-11(14)15/h5-6,13H,2-4H2,1H3,(H,14,15). The molecule has 1 aromatic rings. The van der Waals surface area contributed by atoms with Crippen LogP contribution >= 0.6 is 0 Å². The molecule has 4 nitrogen and oxygen atoms in total. The summed E-state index contributed by atoms with van der Waals surface area (Å²) in [6.07, 6.45) is 0.701. The van der Waals surface area contributed by atoms with Crippen LogP contribution in [-0.4, -0.2) is 23.3 Å². The van der Waals surface area contributed by atoms with Gasteiger partial charge in [-0.2, -0.15) is 0 Å². The van der Waals surface area contributed by atoms with E-state index in [1.54, 1.807) is 0 Å². The lowest BCUT2D eigenvalue weighted by Crippen LogP contribution is -1.98. The lowest BCUT2D eigenvalue weighted by Gasteiger charge is -2.10. The molecule has 0 aliphatic rings. The molecule has 0 radical (unpaired) electrons. The van der Waals surface area contributed by atoms with Crippen molar-refractivity contribution in [3.05, 3.63) is 23.5 Å². The quantitative estimate of drug-likeness (QED) is 0.808. The van der Waals surface area contributed by atoms with Crippen LogP contribution in [0.5, 0.6) is 11.5 Å². The fourth-order valence-electron chi connectivity index (χ4n) is 1.45. The summed E-state index contributed by atoms with van der Waals surface area (Å²) in [7, 11) is 1.37. The minimum atomic E-state index is -0.902. The number of benzene rings is 1. The molecule has 0 aliphatic carbocycles. The van der Waals surface area contributed by atoms with Gasteiger partial charge in [-0.25, -0.2) is 4.39 Å². The van der Waals surface area contributed by atoms with Crippen molar-refractivity contribution in [2.24, 2.45) is 0 Å². The van der Waals surface area contributed by atoms with Crippen molar-refractivity contribution in [2.45, 2.75) is 19.3 Å². The second-order valence-corrected chi connectivity index (χ2v) is 3.35. The van der Waals surface area contributed by atoms with Gasteiger partial charge in [0.25, 0.3) is 0 Å². The minimum absolute atomic E-state index is 0.0000291. The van der Waals surface area contributed by atoms with Crippen LogP contribution in [0.15, 0.2) is 12.1 Å². The Bertz CT molecular complexity index is 390. The maximum absolute atomic E-state index is 12.9. The van der Waals surface area contributed by atoms with E-state index in [-0.39, 0.29) is 17.9 Å². The molecule has 2 N–H and O–H groups in total. The van der Waals surface area contributed by atoms with Crippen LogP contribution < -0.4 is 4.74 Å². The van der Waals surface area contributed by atoms with E-state index in [0.29, 0.717) is 18.4 Å². The predicted octanol–water partition coefficient (Wildman–Crippen LogP) is 1.95. The van der Waals surface area contributed by atoms with E-state index >= 15 is 0 Å². The molecular formula is C11H13FO4. The molecule has 0 aromatic heterocycles. The maximum Gasteiger partial charge on any atom is 0.303 e. The number of carboxylic acids is 1. The Kier molecular flexibility index (Phi) is 4.10. The third kappa shape index (κ3) is 3.12. The highest BCUT2D eigenvalue weighted by molar-refractivity contribution is 5.66. The van der Waals surface area contributed by atoms with Crippen LogP contribution in [0.1, 0.15) is 18.4 Å². The number of hydrogen-bond donors (Lipinski definition) is 2. The first-order valence-corrected chi connectivity index (χ1v) is 4.81. The zero-order valence-electron chi connectivity index (χ0n) is 8.86. The van der Waals surface area contributed by atoms with Gasteiger partial charge in [0, 0.05) is 24.1 Å². The van der Waals surface area contributed by atoms with E-state index in [9.17, 15) is 14.3 Å². The topological polar surface area (TPSA) is 66.8 Å². The van der Waals surface area contributed by atoms with Gasteiger partial charge in [-0.05, 0) is 12.8 Å². The number of hydrogen-bond acceptors (Lipinski definition) is 3. The van der Waals surface area contributed by atoms with Crippen LogP contribution in [0.25, 0.3) is 0 Å². The number of phenolic OH excluding ortho intramolecular Hbond substituents is 1. The molecule has 0 saturated heterocycles. The van der Waals surface area contributed by atoms with Crippen LogP contribution in [-0.2, 0) is 11.2 Å². The Hall–Kier alpha value is -1.78. The molecule has 0 atom stereocenters. The fourth-order valence-corrected chi connectivity index (χ4v) is 1.45. The molecular weight excluding hydrogens is 215 g/mol. The number of rotatable bonds is 5.